The molecule has 0 bridgehead atoms. The highest BCUT2D eigenvalue weighted by Gasteiger charge is 2.27. The smallest absolute Gasteiger partial charge is 0.0674 e. The van der Waals surface area contributed by atoms with E-state index >= 15 is 0 Å². The van der Waals surface area contributed by atoms with Crippen molar-refractivity contribution in [2.24, 2.45) is 5.92 Å². The Morgan fingerprint density at radius 1 is 1.42 bits per heavy atom. The van der Waals surface area contributed by atoms with E-state index in [-0.39, 0.29) is 0 Å². The zero-order valence-electron chi connectivity index (χ0n) is 8.68. The molecule has 1 nitrogen and oxygen atoms in total. The molecule has 0 aromatic heterocycles. The molecule has 0 aromatic carbocycles. The van der Waals surface area contributed by atoms with E-state index in [2.05, 4.69) is 27.7 Å². The fourth-order valence-corrected chi connectivity index (χ4v) is 1.78. The molecule has 1 aliphatic rings. The highest BCUT2D eigenvalue weighted by Crippen LogP contribution is 2.33. The lowest BCUT2D eigenvalue weighted by Gasteiger charge is -2.17. The van der Waals surface area contributed by atoms with Crippen molar-refractivity contribution in [3.63, 3.8) is 0 Å². The van der Waals surface area contributed by atoms with Crippen molar-refractivity contribution in [1.29, 1.82) is 0 Å². The first-order valence-electron chi connectivity index (χ1n) is 4.94. The van der Waals surface area contributed by atoms with Gasteiger partial charge < -0.3 is 4.74 Å². The lowest BCUT2D eigenvalue weighted by molar-refractivity contribution is 0.0362. The van der Waals surface area contributed by atoms with Crippen molar-refractivity contribution in [2.45, 2.75) is 46.6 Å². The Labute approximate surface area is 75.8 Å². The fraction of sp³-hybridized carbons (Fsp3) is 0.818. The molecule has 0 aromatic rings. The van der Waals surface area contributed by atoms with Gasteiger partial charge in [0.05, 0.1) is 6.10 Å². The highest BCUT2D eigenvalue weighted by molar-refractivity contribution is 5.21. The second kappa shape index (κ2) is 4.08. The van der Waals surface area contributed by atoms with Gasteiger partial charge in [0.25, 0.3) is 0 Å². The number of hydrogen-bond donors (Lipinski definition) is 0. The van der Waals surface area contributed by atoms with E-state index in [9.17, 15) is 0 Å². The minimum absolute atomic E-state index is 0.463. The van der Waals surface area contributed by atoms with E-state index in [0.29, 0.717) is 12.0 Å². The molecule has 2 atom stereocenters. The molecule has 70 valence electrons. The van der Waals surface area contributed by atoms with Crippen molar-refractivity contribution in [2.75, 3.05) is 6.61 Å². The van der Waals surface area contributed by atoms with E-state index in [1.807, 2.05) is 0 Å². The number of rotatable bonds is 3. The predicted octanol–water partition coefficient (Wildman–Crippen LogP) is 3.16. The first-order chi connectivity index (χ1) is 5.66. The summed E-state index contributed by atoms with van der Waals surface area (Å²) in [4.78, 5) is 0. The molecule has 0 saturated heterocycles. The lowest BCUT2D eigenvalue weighted by Crippen LogP contribution is -2.18. The SMILES string of the molecule is CCCOC1CC(C)=C(C)C1C. The Balaban J connectivity index is 2.43. The maximum absolute atomic E-state index is 5.76. The number of hydrogen-bond acceptors (Lipinski definition) is 1. The van der Waals surface area contributed by atoms with Gasteiger partial charge in [0.15, 0.2) is 0 Å². The second-order valence-electron chi connectivity index (χ2n) is 3.87. The van der Waals surface area contributed by atoms with Crippen molar-refractivity contribution < 1.29 is 4.74 Å². The van der Waals surface area contributed by atoms with Crippen LogP contribution in [0.5, 0.6) is 0 Å². The van der Waals surface area contributed by atoms with Crippen molar-refractivity contribution in [3.8, 4) is 0 Å². The second-order valence-corrected chi connectivity index (χ2v) is 3.87. The van der Waals surface area contributed by atoms with Gasteiger partial charge in [-0.2, -0.15) is 0 Å². The molecule has 0 fully saturated rings. The van der Waals surface area contributed by atoms with Crippen LogP contribution in [0.15, 0.2) is 11.1 Å². The van der Waals surface area contributed by atoms with Gasteiger partial charge in [0.1, 0.15) is 0 Å². The summed E-state index contributed by atoms with van der Waals surface area (Å²) in [7, 11) is 0. The largest absolute Gasteiger partial charge is 0.377 e. The van der Waals surface area contributed by atoms with Gasteiger partial charge in [-0.1, -0.05) is 25.0 Å². The summed E-state index contributed by atoms with van der Waals surface area (Å²) in [6.45, 7) is 9.80. The van der Waals surface area contributed by atoms with Crippen LogP contribution in [0.4, 0.5) is 0 Å². The van der Waals surface area contributed by atoms with Crippen LogP contribution in [0.25, 0.3) is 0 Å². The van der Waals surface area contributed by atoms with Gasteiger partial charge in [-0.05, 0) is 26.7 Å². The molecule has 0 amide bonds. The third-order valence-corrected chi connectivity index (χ3v) is 2.96. The molecule has 0 heterocycles. The Morgan fingerprint density at radius 2 is 2.08 bits per heavy atom. The van der Waals surface area contributed by atoms with Crippen LogP contribution in [0.1, 0.15) is 40.5 Å². The maximum Gasteiger partial charge on any atom is 0.0674 e. The standard InChI is InChI=1S/C11H20O/c1-5-6-12-11-7-8(2)9(3)10(11)4/h10-11H,5-7H2,1-4H3. The molecule has 1 aliphatic carbocycles. The Bertz CT molecular complexity index is 181. The molecule has 0 radical (unpaired) electrons. The molecule has 0 N–H and O–H groups in total. The van der Waals surface area contributed by atoms with Crippen LogP contribution in [0, 0.1) is 5.92 Å². The summed E-state index contributed by atoms with van der Waals surface area (Å²) in [5, 5.41) is 0. The quantitative estimate of drug-likeness (QED) is 0.588. The summed E-state index contributed by atoms with van der Waals surface area (Å²) in [5.41, 5.74) is 3.07. The third kappa shape index (κ3) is 1.89. The summed E-state index contributed by atoms with van der Waals surface area (Å²) in [6, 6.07) is 0. The maximum atomic E-state index is 5.76. The minimum Gasteiger partial charge on any atom is -0.377 e. The lowest BCUT2D eigenvalue weighted by atomic mass is 10.0. The van der Waals surface area contributed by atoms with Gasteiger partial charge in [-0.25, -0.2) is 0 Å². The van der Waals surface area contributed by atoms with E-state index in [4.69, 9.17) is 4.74 Å². The average Bonchev–Trinajstić information content (AvgIpc) is 2.30. The van der Waals surface area contributed by atoms with Gasteiger partial charge in [-0.15, -0.1) is 0 Å². The van der Waals surface area contributed by atoms with Crippen LogP contribution < -0.4 is 0 Å². The Kier molecular flexibility index (Phi) is 3.33. The van der Waals surface area contributed by atoms with Gasteiger partial charge in [-0.3, -0.25) is 0 Å². The minimum atomic E-state index is 0.463. The van der Waals surface area contributed by atoms with Gasteiger partial charge in [0, 0.05) is 12.5 Å². The third-order valence-electron chi connectivity index (χ3n) is 2.96. The van der Waals surface area contributed by atoms with E-state index in [1.165, 1.54) is 11.1 Å². The highest BCUT2D eigenvalue weighted by atomic mass is 16.5. The monoisotopic (exact) mass is 168 g/mol. The van der Waals surface area contributed by atoms with Crippen LogP contribution in [-0.2, 0) is 4.74 Å². The molecule has 0 saturated carbocycles. The fourth-order valence-electron chi connectivity index (χ4n) is 1.78. The molecule has 2 unspecified atom stereocenters. The van der Waals surface area contributed by atoms with Crippen LogP contribution in [0.3, 0.4) is 0 Å². The number of ether oxygens (including phenoxy) is 1. The summed E-state index contributed by atoms with van der Waals surface area (Å²) < 4.78 is 5.76. The molecule has 12 heavy (non-hydrogen) atoms. The normalized spacial score (nSPS) is 30.0. The summed E-state index contributed by atoms with van der Waals surface area (Å²) in [5.74, 6) is 0.636. The molecule has 0 spiro atoms. The average molecular weight is 168 g/mol. The van der Waals surface area contributed by atoms with Crippen LogP contribution in [-0.4, -0.2) is 12.7 Å². The summed E-state index contributed by atoms with van der Waals surface area (Å²) in [6.07, 6.45) is 2.74. The first-order valence-corrected chi connectivity index (χ1v) is 4.94. The Morgan fingerprint density at radius 3 is 2.50 bits per heavy atom. The van der Waals surface area contributed by atoms with E-state index in [1.54, 1.807) is 0 Å². The van der Waals surface area contributed by atoms with Crippen molar-refractivity contribution >= 4 is 0 Å². The van der Waals surface area contributed by atoms with Gasteiger partial charge >= 0.3 is 0 Å². The van der Waals surface area contributed by atoms with E-state index in [0.717, 1.165) is 19.4 Å². The molecular formula is C11H20O. The first kappa shape index (κ1) is 9.79. The molecular weight excluding hydrogens is 148 g/mol. The topological polar surface area (TPSA) is 9.23 Å². The van der Waals surface area contributed by atoms with Crippen LogP contribution in [0.2, 0.25) is 0 Å². The molecule has 1 rings (SSSR count). The summed E-state index contributed by atoms with van der Waals surface area (Å²) >= 11 is 0. The predicted molar refractivity (Wildman–Crippen MR) is 52.2 cm³/mol. The Hall–Kier alpha value is -0.300. The zero-order chi connectivity index (χ0) is 9.14. The van der Waals surface area contributed by atoms with Crippen LogP contribution >= 0.6 is 0 Å². The van der Waals surface area contributed by atoms with Crippen molar-refractivity contribution in [3.05, 3.63) is 11.1 Å². The molecule has 1 heteroatoms. The molecule has 0 aliphatic heterocycles. The van der Waals surface area contributed by atoms with E-state index < -0.39 is 0 Å². The zero-order valence-corrected chi connectivity index (χ0v) is 8.68. The van der Waals surface area contributed by atoms with Crippen molar-refractivity contribution in [1.82, 2.24) is 0 Å². The van der Waals surface area contributed by atoms with Gasteiger partial charge in [0.2, 0.25) is 0 Å².